The van der Waals surface area contributed by atoms with E-state index in [4.69, 9.17) is 4.74 Å². The second-order valence-electron chi connectivity index (χ2n) is 5.74. The molecule has 1 aliphatic rings. The Morgan fingerprint density at radius 3 is 2.64 bits per heavy atom. The summed E-state index contributed by atoms with van der Waals surface area (Å²) in [5.74, 6) is 0.550. The van der Waals surface area contributed by atoms with E-state index in [-0.39, 0.29) is 31.7 Å². The first-order valence-corrected chi connectivity index (χ1v) is 8.87. The SMILES string of the molecule is CCS(=O)(=O)NCC1(COc2cccnc2)C[C@@H](O)[C@@H](O)C1. The maximum atomic E-state index is 11.6. The van der Waals surface area contributed by atoms with Crippen molar-refractivity contribution in [1.82, 2.24) is 9.71 Å². The minimum absolute atomic E-state index is 0.0162. The summed E-state index contributed by atoms with van der Waals surface area (Å²) in [5, 5.41) is 19.6. The summed E-state index contributed by atoms with van der Waals surface area (Å²) in [4.78, 5) is 3.95. The molecule has 1 heterocycles. The highest BCUT2D eigenvalue weighted by Gasteiger charge is 2.45. The van der Waals surface area contributed by atoms with Gasteiger partial charge in [0.15, 0.2) is 0 Å². The second kappa shape index (κ2) is 6.91. The predicted molar refractivity (Wildman–Crippen MR) is 80.9 cm³/mol. The van der Waals surface area contributed by atoms with Crippen molar-refractivity contribution >= 4 is 10.0 Å². The molecular formula is C14H22N2O5S. The molecule has 1 aromatic heterocycles. The van der Waals surface area contributed by atoms with Gasteiger partial charge in [0.25, 0.3) is 0 Å². The van der Waals surface area contributed by atoms with Gasteiger partial charge in [-0.3, -0.25) is 4.98 Å². The van der Waals surface area contributed by atoms with Crippen molar-refractivity contribution in [2.45, 2.75) is 32.0 Å². The number of nitrogens with zero attached hydrogens (tertiary/aromatic N) is 1. The molecule has 7 nitrogen and oxygen atoms in total. The van der Waals surface area contributed by atoms with Crippen LogP contribution < -0.4 is 9.46 Å². The molecule has 3 atom stereocenters. The van der Waals surface area contributed by atoms with Crippen LogP contribution in [0.15, 0.2) is 24.5 Å². The average Bonchev–Trinajstić information content (AvgIpc) is 2.80. The molecule has 3 N–H and O–H groups in total. The van der Waals surface area contributed by atoms with Crippen LogP contribution in [0, 0.1) is 5.41 Å². The number of aromatic nitrogens is 1. The number of rotatable bonds is 7. The number of sulfonamides is 1. The van der Waals surface area contributed by atoms with Gasteiger partial charge in [0.05, 0.1) is 30.8 Å². The Bertz CT molecular complexity index is 568. The number of aliphatic hydroxyl groups excluding tert-OH is 2. The third-order valence-electron chi connectivity index (χ3n) is 3.95. The van der Waals surface area contributed by atoms with Crippen LogP contribution in [0.2, 0.25) is 0 Å². The maximum Gasteiger partial charge on any atom is 0.211 e. The Morgan fingerprint density at radius 1 is 1.41 bits per heavy atom. The zero-order chi connectivity index (χ0) is 16.2. The average molecular weight is 330 g/mol. The van der Waals surface area contributed by atoms with Crippen LogP contribution >= 0.6 is 0 Å². The number of ether oxygens (including phenoxy) is 1. The van der Waals surface area contributed by atoms with E-state index >= 15 is 0 Å². The molecule has 0 radical (unpaired) electrons. The summed E-state index contributed by atoms with van der Waals surface area (Å²) in [6.45, 7) is 1.87. The van der Waals surface area contributed by atoms with E-state index < -0.39 is 27.6 Å². The number of hydrogen-bond donors (Lipinski definition) is 3. The van der Waals surface area contributed by atoms with Gasteiger partial charge in [0, 0.05) is 18.2 Å². The fraction of sp³-hybridized carbons (Fsp3) is 0.643. The first-order chi connectivity index (χ1) is 10.4. The van der Waals surface area contributed by atoms with Crippen molar-refractivity contribution < 1.29 is 23.4 Å². The van der Waals surface area contributed by atoms with Crippen molar-refractivity contribution in [3.05, 3.63) is 24.5 Å². The summed E-state index contributed by atoms with van der Waals surface area (Å²) < 4.78 is 31.5. The molecule has 22 heavy (non-hydrogen) atoms. The molecule has 1 aliphatic carbocycles. The molecule has 1 aromatic rings. The Kier molecular flexibility index (Phi) is 5.38. The quantitative estimate of drug-likeness (QED) is 0.644. The van der Waals surface area contributed by atoms with Gasteiger partial charge in [-0.25, -0.2) is 13.1 Å². The topological polar surface area (TPSA) is 109 Å². The maximum absolute atomic E-state index is 11.6. The number of nitrogens with one attached hydrogen (secondary N) is 1. The molecule has 0 bridgehead atoms. The molecule has 0 aliphatic heterocycles. The fourth-order valence-corrected chi connectivity index (χ4v) is 3.32. The molecule has 2 rings (SSSR count). The zero-order valence-electron chi connectivity index (χ0n) is 12.5. The molecule has 0 aromatic carbocycles. The third kappa shape index (κ3) is 4.39. The van der Waals surface area contributed by atoms with Gasteiger partial charge in [-0.05, 0) is 31.9 Å². The molecular weight excluding hydrogens is 308 g/mol. The van der Waals surface area contributed by atoms with Crippen LogP contribution in [0.5, 0.6) is 5.75 Å². The van der Waals surface area contributed by atoms with Gasteiger partial charge in [-0.15, -0.1) is 0 Å². The standard InChI is InChI=1S/C14H22N2O5S/c1-2-22(19,20)16-9-14(6-12(17)13(18)7-14)10-21-11-4-3-5-15-8-11/h3-5,8,12-13,16-18H,2,6-7,9-10H2,1H3/t12-,13+,14?. The Morgan fingerprint density at radius 2 is 2.09 bits per heavy atom. The third-order valence-corrected chi connectivity index (χ3v) is 5.30. The number of hydrogen-bond acceptors (Lipinski definition) is 6. The lowest BCUT2D eigenvalue weighted by Gasteiger charge is -2.29. The lowest BCUT2D eigenvalue weighted by molar-refractivity contribution is 0.0438. The van der Waals surface area contributed by atoms with E-state index in [0.29, 0.717) is 5.75 Å². The van der Waals surface area contributed by atoms with Crippen molar-refractivity contribution in [3.8, 4) is 5.75 Å². The molecule has 0 spiro atoms. The van der Waals surface area contributed by atoms with Crippen LogP contribution in [0.3, 0.4) is 0 Å². The fourth-order valence-electron chi connectivity index (χ4n) is 2.59. The van der Waals surface area contributed by atoms with E-state index in [2.05, 4.69) is 9.71 Å². The van der Waals surface area contributed by atoms with Gasteiger partial charge in [0.2, 0.25) is 10.0 Å². The van der Waals surface area contributed by atoms with Crippen molar-refractivity contribution in [2.75, 3.05) is 18.9 Å². The van der Waals surface area contributed by atoms with Crippen LogP contribution in [0.1, 0.15) is 19.8 Å². The van der Waals surface area contributed by atoms with E-state index in [1.807, 2.05) is 0 Å². The highest BCUT2D eigenvalue weighted by molar-refractivity contribution is 7.89. The van der Waals surface area contributed by atoms with Crippen LogP contribution in [0.25, 0.3) is 0 Å². The second-order valence-corrected chi connectivity index (χ2v) is 7.84. The lowest BCUT2D eigenvalue weighted by Crippen LogP contribution is -2.41. The smallest absolute Gasteiger partial charge is 0.211 e. The molecule has 8 heteroatoms. The van der Waals surface area contributed by atoms with Crippen molar-refractivity contribution in [3.63, 3.8) is 0 Å². The highest BCUT2D eigenvalue weighted by atomic mass is 32.2. The Balaban J connectivity index is 2.06. The van der Waals surface area contributed by atoms with Gasteiger partial charge in [-0.2, -0.15) is 0 Å². The Hall–Kier alpha value is -1.22. The van der Waals surface area contributed by atoms with Gasteiger partial charge < -0.3 is 14.9 Å². The summed E-state index contributed by atoms with van der Waals surface area (Å²) >= 11 is 0. The van der Waals surface area contributed by atoms with Crippen LogP contribution in [-0.2, 0) is 10.0 Å². The number of aliphatic hydroxyl groups is 2. The Labute approximate surface area is 130 Å². The molecule has 0 amide bonds. The van der Waals surface area contributed by atoms with E-state index in [9.17, 15) is 18.6 Å². The number of pyridine rings is 1. The first kappa shape index (κ1) is 17.1. The van der Waals surface area contributed by atoms with E-state index in [0.717, 1.165) is 0 Å². The molecule has 1 unspecified atom stereocenters. The summed E-state index contributed by atoms with van der Waals surface area (Å²) in [6.07, 6.45) is 2.00. The summed E-state index contributed by atoms with van der Waals surface area (Å²) in [7, 11) is -3.34. The molecule has 1 fully saturated rings. The summed E-state index contributed by atoms with van der Waals surface area (Å²) in [6, 6.07) is 3.48. The predicted octanol–water partition coefficient (Wildman–Crippen LogP) is -0.0983. The normalized spacial score (nSPS) is 28.7. The molecule has 1 saturated carbocycles. The minimum atomic E-state index is -3.34. The zero-order valence-corrected chi connectivity index (χ0v) is 13.3. The molecule has 124 valence electrons. The first-order valence-electron chi connectivity index (χ1n) is 7.22. The highest BCUT2D eigenvalue weighted by Crippen LogP contribution is 2.38. The van der Waals surface area contributed by atoms with Crippen LogP contribution in [0.4, 0.5) is 0 Å². The van der Waals surface area contributed by atoms with Gasteiger partial charge >= 0.3 is 0 Å². The summed E-state index contributed by atoms with van der Waals surface area (Å²) in [5.41, 5.74) is -0.642. The monoisotopic (exact) mass is 330 g/mol. The van der Waals surface area contributed by atoms with Crippen molar-refractivity contribution in [1.29, 1.82) is 0 Å². The largest absolute Gasteiger partial charge is 0.491 e. The lowest BCUT2D eigenvalue weighted by atomic mass is 9.87. The minimum Gasteiger partial charge on any atom is -0.491 e. The van der Waals surface area contributed by atoms with E-state index in [1.54, 1.807) is 31.5 Å². The van der Waals surface area contributed by atoms with Crippen LogP contribution in [-0.4, -0.2) is 54.7 Å². The van der Waals surface area contributed by atoms with E-state index in [1.165, 1.54) is 0 Å². The molecule has 0 saturated heterocycles. The van der Waals surface area contributed by atoms with Crippen molar-refractivity contribution in [2.24, 2.45) is 5.41 Å². The van der Waals surface area contributed by atoms with Gasteiger partial charge in [0.1, 0.15) is 5.75 Å². The van der Waals surface area contributed by atoms with Gasteiger partial charge in [-0.1, -0.05) is 0 Å².